The van der Waals surface area contributed by atoms with Crippen LogP contribution < -0.4 is 0 Å². The number of thiophene rings is 1. The smallest absolute Gasteiger partial charge is 0.205 e. The second kappa shape index (κ2) is 3.19. The first-order valence-corrected chi connectivity index (χ1v) is 4.68. The molecule has 0 spiro atoms. The summed E-state index contributed by atoms with van der Waals surface area (Å²) in [7, 11) is 0. The highest BCUT2D eigenvalue weighted by Crippen LogP contribution is 2.38. The monoisotopic (exact) mass is 240 g/mol. The molecule has 0 nitrogen and oxygen atoms in total. The molecule has 0 N–H and O–H groups in total. The largest absolute Gasteiger partial charge is 0.266 e. The van der Waals surface area contributed by atoms with E-state index >= 15 is 0 Å². The topological polar surface area (TPSA) is 0 Å². The van der Waals surface area contributed by atoms with Gasteiger partial charge in [0.1, 0.15) is 0 Å². The van der Waals surface area contributed by atoms with E-state index in [2.05, 4.69) is 15.9 Å². The Labute approximate surface area is 76.4 Å². The molecular weight excluding hydrogens is 234 g/mol. The molecule has 1 rings (SSSR count). The molecule has 0 aromatic carbocycles. The van der Waals surface area contributed by atoms with Crippen LogP contribution in [0.2, 0.25) is 0 Å². The summed E-state index contributed by atoms with van der Waals surface area (Å²) in [6, 6.07) is 0. The second-order valence-electron chi connectivity index (χ2n) is 2.24. The van der Waals surface area contributed by atoms with Crippen molar-refractivity contribution in [1.82, 2.24) is 0 Å². The Balaban J connectivity index is 3.22. The molecule has 11 heavy (non-hydrogen) atoms. The van der Waals surface area contributed by atoms with Crippen molar-refractivity contribution in [2.24, 2.45) is 0 Å². The quantitative estimate of drug-likeness (QED) is 0.695. The van der Waals surface area contributed by atoms with Crippen LogP contribution in [-0.2, 0) is 0 Å². The highest BCUT2D eigenvalue weighted by molar-refractivity contribution is 9.10. The van der Waals surface area contributed by atoms with Crippen LogP contribution in [0, 0.1) is 13.8 Å². The van der Waals surface area contributed by atoms with E-state index in [-0.39, 0.29) is 5.56 Å². The summed E-state index contributed by atoms with van der Waals surface area (Å²) in [6.45, 7) is 3.54. The van der Waals surface area contributed by atoms with Crippen LogP contribution >= 0.6 is 27.3 Å². The second-order valence-corrected chi connectivity index (χ2v) is 4.46. The summed E-state index contributed by atoms with van der Waals surface area (Å²) in [6.07, 6.45) is -2.37. The summed E-state index contributed by atoms with van der Waals surface area (Å²) in [5, 5.41) is 0. The normalized spacial score (nSPS) is 11.1. The Kier molecular flexibility index (Phi) is 2.65. The van der Waals surface area contributed by atoms with Crippen LogP contribution in [0.4, 0.5) is 8.78 Å². The zero-order chi connectivity index (χ0) is 8.59. The zero-order valence-electron chi connectivity index (χ0n) is 6.12. The minimum atomic E-state index is -2.37. The van der Waals surface area contributed by atoms with Gasteiger partial charge in [0, 0.05) is 19.8 Å². The Bertz CT molecular complexity index is 268. The van der Waals surface area contributed by atoms with Gasteiger partial charge in [-0.15, -0.1) is 11.3 Å². The number of rotatable bonds is 1. The molecule has 1 aromatic rings. The van der Waals surface area contributed by atoms with Gasteiger partial charge in [-0.05, 0) is 29.8 Å². The Morgan fingerprint density at radius 3 is 2.00 bits per heavy atom. The van der Waals surface area contributed by atoms with Crippen molar-refractivity contribution in [1.29, 1.82) is 0 Å². The maximum atomic E-state index is 12.3. The third-order valence-corrected chi connectivity index (χ3v) is 3.77. The van der Waals surface area contributed by atoms with Crippen LogP contribution in [0.25, 0.3) is 0 Å². The lowest BCUT2D eigenvalue weighted by atomic mass is 10.2. The molecule has 1 heterocycles. The van der Waals surface area contributed by atoms with E-state index < -0.39 is 6.43 Å². The summed E-state index contributed by atoms with van der Waals surface area (Å²) in [5.41, 5.74) is 0.146. The Hall–Kier alpha value is 0.0400. The molecule has 0 aliphatic heterocycles. The molecule has 0 radical (unpaired) electrons. The predicted molar refractivity (Wildman–Crippen MR) is 46.5 cm³/mol. The van der Waals surface area contributed by atoms with E-state index in [0.717, 1.165) is 4.88 Å². The maximum Gasteiger partial charge on any atom is 0.266 e. The van der Waals surface area contributed by atoms with Crippen LogP contribution in [0.1, 0.15) is 21.7 Å². The molecular formula is C7H7BrF2S. The Morgan fingerprint density at radius 1 is 1.27 bits per heavy atom. The maximum absolute atomic E-state index is 12.3. The molecule has 0 aliphatic carbocycles. The van der Waals surface area contributed by atoms with Gasteiger partial charge in [0.15, 0.2) is 0 Å². The highest BCUT2D eigenvalue weighted by Gasteiger charge is 2.18. The average Bonchev–Trinajstić information content (AvgIpc) is 2.07. The fraction of sp³-hybridized carbons (Fsp3) is 0.429. The van der Waals surface area contributed by atoms with Crippen LogP contribution in [0.15, 0.2) is 4.47 Å². The minimum Gasteiger partial charge on any atom is -0.205 e. The van der Waals surface area contributed by atoms with Crippen molar-refractivity contribution in [3.63, 3.8) is 0 Å². The van der Waals surface area contributed by atoms with Crippen molar-refractivity contribution in [2.45, 2.75) is 20.3 Å². The van der Waals surface area contributed by atoms with Crippen molar-refractivity contribution in [3.8, 4) is 0 Å². The van der Waals surface area contributed by atoms with Gasteiger partial charge in [0.2, 0.25) is 0 Å². The average molecular weight is 241 g/mol. The van der Waals surface area contributed by atoms with Crippen LogP contribution in [0.5, 0.6) is 0 Å². The standard InChI is InChI=1S/C7H7BrF2S/c1-3-5(7(9)10)6(8)4(2)11-3/h7H,1-2H3. The van der Waals surface area contributed by atoms with Gasteiger partial charge in [0.25, 0.3) is 6.43 Å². The number of alkyl halides is 2. The molecule has 0 bridgehead atoms. The molecule has 1 aromatic heterocycles. The molecule has 0 fully saturated rings. The summed E-state index contributed by atoms with van der Waals surface area (Å²) in [4.78, 5) is 1.61. The van der Waals surface area contributed by atoms with E-state index in [9.17, 15) is 8.78 Å². The van der Waals surface area contributed by atoms with E-state index in [4.69, 9.17) is 0 Å². The van der Waals surface area contributed by atoms with E-state index in [1.54, 1.807) is 6.92 Å². The zero-order valence-corrected chi connectivity index (χ0v) is 8.52. The van der Waals surface area contributed by atoms with Gasteiger partial charge in [-0.3, -0.25) is 0 Å². The van der Waals surface area contributed by atoms with Crippen LogP contribution in [-0.4, -0.2) is 0 Å². The van der Waals surface area contributed by atoms with Gasteiger partial charge >= 0.3 is 0 Å². The summed E-state index contributed by atoms with van der Waals surface area (Å²) < 4.78 is 25.1. The Morgan fingerprint density at radius 2 is 1.82 bits per heavy atom. The lowest BCUT2D eigenvalue weighted by Gasteiger charge is -1.97. The van der Waals surface area contributed by atoms with Gasteiger partial charge in [-0.2, -0.15) is 0 Å². The van der Waals surface area contributed by atoms with Crippen LogP contribution in [0.3, 0.4) is 0 Å². The number of hydrogen-bond donors (Lipinski definition) is 0. The number of halogens is 3. The highest BCUT2D eigenvalue weighted by atomic mass is 79.9. The first-order chi connectivity index (χ1) is 5.04. The first-order valence-electron chi connectivity index (χ1n) is 3.07. The molecule has 0 saturated heterocycles. The molecule has 4 heteroatoms. The van der Waals surface area contributed by atoms with Crippen molar-refractivity contribution >= 4 is 27.3 Å². The van der Waals surface area contributed by atoms with Gasteiger partial charge in [-0.1, -0.05) is 0 Å². The van der Waals surface area contributed by atoms with Gasteiger partial charge in [-0.25, -0.2) is 8.78 Å². The molecule has 62 valence electrons. The lowest BCUT2D eigenvalue weighted by Crippen LogP contribution is -1.83. The molecule has 0 aliphatic rings. The fourth-order valence-corrected chi connectivity index (χ4v) is 2.73. The summed E-state index contributed by atoms with van der Waals surface area (Å²) >= 11 is 4.53. The van der Waals surface area contributed by atoms with E-state index in [1.165, 1.54) is 11.3 Å². The predicted octanol–water partition coefficient (Wildman–Crippen LogP) is 4.07. The number of aryl methyl sites for hydroxylation is 2. The molecule has 0 saturated carbocycles. The van der Waals surface area contributed by atoms with Crippen molar-refractivity contribution < 1.29 is 8.78 Å². The van der Waals surface area contributed by atoms with Gasteiger partial charge in [0.05, 0.1) is 0 Å². The van der Waals surface area contributed by atoms with E-state index in [0.29, 0.717) is 9.35 Å². The molecule has 0 amide bonds. The first kappa shape index (κ1) is 9.13. The summed E-state index contributed by atoms with van der Waals surface area (Å²) in [5.74, 6) is 0. The van der Waals surface area contributed by atoms with E-state index in [1.807, 2.05) is 6.92 Å². The fourth-order valence-electron chi connectivity index (χ4n) is 0.923. The third-order valence-electron chi connectivity index (χ3n) is 1.45. The molecule has 0 atom stereocenters. The lowest BCUT2D eigenvalue weighted by molar-refractivity contribution is 0.150. The SMILES string of the molecule is Cc1sc(C)c(C(F)F)c1Br. The van der Waals surface area contributed by atoms with Gasteiger partial charge < -0.3 is 0 Å². The molecule has 0 unspecified atom stereocenters. The third kappa shape index (κ3) is 1.62. The minimum absolute atomic E-state index is 0.146. The number of hydrogen-bond acceptors (Lipinski definition) is 1. The van der Waals surface area contributed by atoms with Crippen molar-refractivity contribution in [2.75, 3.05) is 0 Å². The van der Waals surface area contributed by atoms with Crippen molar-refractivity contribution in [3.05, 3.63) is 19.8 Å².